The minimum Gasteiger partial charge on any atom is -0.478 e. The number of nitrogens with one attached hydrogen (secondary N) is 1. The maximum atomic E-state index is 11.5. The number of aromatic nitrogens is 2. The van der Waals surface area contributed by atoms with E-state index >= 15 is 0 Å². The van der Waals surface area contributed by atoms with Crippen molar-refractivity contribution in [2.45, 2.75) is 12.3 Å². The fourth-order valence-corrected chi connectivity index (χ4v) is 4.11. The predicted octanol–water partition coefficient (Wildman–Crippen LogP) is 1.16. The number of carboxylic acids is 1. The Morgan fingerprint density at radius 1 is 1.42 bits per heavy atom. The highest BCUT2D eigenvalue weighted by molar-refractivity contribution is 7.91. The number of nitrogens with zero attached hydrogens (tertiary/aromatic N) is 1. The molecule has 0 amide bonds. The summed E-state index contributed by atoms with van der Waals surface area (Å²) in [4.78, 5) is 18.3. The Hall–Kier alpha value is -1.89. The molecule has 0 radical (unpaired) electrons. The zero-order chi connectivity index (χ0) is 13.6. The van der Waals surface area contributed by atoms with Crippen LogP contribution in [0, 0.1) is 0 Å². The van der Waals surface area contributed by atoms with Crippen LogP contribution in [-0.2, 0) is 9.84 Å². The molecule has 6 nitrogen and oxygen atoms in total. The van der Waals surface area contributed by atoms with Gasteiger partial charge in [0.15, 0.2) is 9.84 Å². The molecule has 1 atom stereocenters. The van der Waals surface area contributed by atoms with Crippen molar-refractivity contribution in [2.24, 2.45) is 0 Å². The quantitative estimate of drug-likeness (QED) is 0.859. The van der Waals surface area contributed by atoms with Crippen molar-refractivity contribution in [2.75, 3.05) is 11.5 Å². The topological polar surface area (TPSA) is 100 Å². The van der Waals surface area contributed by atoms with Crippen LogP contribution in [-0.4, -0.2) is 41.0 Å². The summed E-state index contributed by atoms with van der Waals surface area (Å²) < 4.78 is 22.9. The lowest BCUT2D eigenvalue weighted by Gasteiger charge is -2.01. The fraction of sp³-hybridized carbons (Fsp3) is 0.333. The molecule has 1 aliphatic rings. The first-order chi connectivity index (χ1) is 8.94. The molecule has 2 aromatic rings. The summed E-state index contributed by atoms with van der Waals surface area (Å²) >= 11 is 0. The molecule has 1 unspecified atom stereocenters. The van der Waals surface area contributed by atoms with Crippen LogP contribution in [0.25, 0.3) is 11.0 Å². The smallest absolute Gasteiger partial charge is 0.335 e. The number of fused-ring (bicyclic) bond motifs is 1. The summed E-state index contributed by atoms with van der Waals surface area (Å²) in [7, 11) is -2.96. The van der Waals surface area contributed by atoms with E-state index in [1.54, 1.807) is 6.07 Å². The molecule has 19 heavy (non-hydrogen) atoms. The molecule has 1 fully saturated rings. The van der Waals surface area contributed by atoms with E-state index < -0.39 is 15.8 Å². The number of aromatic amines is 1. The molecular weight excluding hydrogens is 268 g/mol. The predicted molar refractivity (Wildman–Crippen MR) is 69.1 cm³/mol. The Bertz CT molecular complexity index is 763. The summed E-state index contributed by atoms with van der Waals surface area (Å²) in [6, 6.07) is 4.63. The molecule has 1 aromatic heterocycles. The Morgan fingerprint density at radius 2 is 2.21 bits per heavy atom. The minimum absolute atomic E-state index is 0.110. The van der Waals surface area contributed by atoms with E-state index in [1.165, 1.54) is 12.1 Å². The molecule has 100 valence electrons. The van der Waals surface area contributed by atoms with Crippen molar-refractivity contribution < 1.29 is 18.3 Å². The molecular formula is C12H12N2O4S. The van der Waals surface area contributed by atoms with E-state index in [9.17, 15) is 13.2 Å². The van der Waals surface area contributed by atoms with Gasteiger partial charge in [-0.2, -0.15) is 0 Å². The monoisotopic (exact) mass is 280 g/mol. The zero-order valence-corrected chi connectivity index (χ0v) is 10.8. The van der Waals surface area contributed by atoms with E-state index in [0.29, 0.717) is 23.3 Å². The van der Waals surface area contributed by atoms with Crippen molar-refractivity contribution in [3.05, 3.63) is 29.6 Å². The second kappa shape index (κ2) is 4.06. The average molecular weight is 280 g/mol. The van der Waals surface area contributed by atoms with Gasteiger partial charge in [0.05, 0.1) is 28.1 Å². The summed E-state index contributed by atoms with van der Waals surface area (Å²) in [5.74, 6) is -0.195. The lowest BCUT2D eigenvalue weighted by atomic mass is 10.1. The third kappa shape index (κ3) is 2.21. The Labute approximate surface area is 109 Å². The molecule has 2 N–H and O–H groups in total. The van der Waals surface area contributed by atoms with Gasteiger partial charge in [0.2, 0.25) is 0 Å². The molecule has 7 heteroatoms. The van der Waals surface area contributed by atoms with Gasteiger partial charge in [-0.25, -0.2) is 18.2 Å². The second-order valence-electron chi connectivity index (χ2n) is 4.76. The van der Waals surface area contributed by atoms with Crippen molar-refractivity contribution in [1.29, 1.82) is 0 Å². The molecule has 0 bridgehead atoms. The van der Waals surface area contributed by atoms with Crippen molar-refractivity contribution >= 4 is 26.8 Å². The van der Waals surface area contributed by atoms with Crippen molar-refractivity contribution in [3.8, 4) is 0 Å². The molecule has 0 aliphatic carbocycles. The molecule has 1 aliphatic heterocycles. The third-order valence-corrected chi connectivity index (χ3v) is 5.13. The number of benzene rings is 1. The Kier molecular flexibility index (Phi) is 2.60. The summed E-state index contributed by atoms with van der Waals surface area (Å²) in [6.07, 6.45) is 0.563. The number of carbonyl (C=O) groups is 1. The SMILES string of the molecule is O=C(O)c1ccc2nc(C3CCS(=O)(=O)C3)[nH]c2c1. The molecule has 2 heterocycles. The first-order valence-electron chi connectivity index (χ1n) is 5.88. The number of carboxylic acid groups (broad SMARTS) is 1. The van der Waals surface area contributed by atoms with E-state index in [0.717, 1.165) is 0 Å². The molecule has 1 aromatic carbocycles. The minimum atomic E-state index is -2.96. The van der Waals surface area contributed by atoms with Crippen LogP contribution in [0.3, 0.4) is 0 Å². The molecule has 1 saturated heterocycles. The third-order valence-electron chi connectivity index (χ3n) is 3.37. The summed E-state index contributed by atoms with van der Waals surface area (Å²) in [6.45, 7) is 0. The number of hydrogen-bond acceptors (Lipinski definition) is 4. The maximum Gasteiger partial charge on any atom is 0.335 e. The van der Waals surface area contributed by atoms with Gasteiger partial charge in [0.1, 0.15) is 5.82 Å². The largest absolute Gasteiger partial charge is 0.478 e. The van der Waals surface area contributed by atoms with E-state index in [4.69, 9.17) is 5.11 Å². The van der Waals surface area contributed by atoms with Crippen LogP contribution < -0.4 is 0 Å². The number of aromatic carboxylic acids is 1. The van der Waals surface area contributed by atoms with Gasteiger partial charge in [0, 0.05) is 5.92 Å². The zero-order valence-electron chi connectivity index (χ0n) is 9.96. The van der Waals surface area contributed by atoms with Gasteiger partial charge in [-0.3, -0.25) is 0 Å². The van der Waals surface area contributed by atoms with Crippen molar-refractivity contribution in [1.82, 2.24) is 9.97 Å². The van der Waals surface area contributed by atoms with Gasteiger partial charge < -0.3 is 10.1 Å². The molecule has 0 saturated carbocycles. The fourth-order valence-electron chi connectivity index (χ4n) is 2.37. The summed E-state index contributed by atoms with van der Waals surface area (Å²) in [5, 5.41) is 8.92. The highest BCUT2D eigenvalue weighted by atomic mass is 32.2. The van der Waals surface area contributed by atoms with Crippen LogP contribution in [0.4, 0.5) is 0 Å². The lowest BCUT2D eigenvalue weighted by Crippen LogP contribution is -2.04. The van der Waals surface area contributed by atoms with Gasteiger partial charge in [-0.1, -0.05) is 0 Å². The van der Waals surface area contributed by atoms with Crippen LogP contribution in [0.1, 0.15) is 28.5 Å². The standard InChI is InChI=1S/C12H12N2O4S/c15-12(16)7-1-2-9-10(5-7)14-11(13-9)8-3-4-19(17,18)6-8/h1-2,5,8H,3-4,6H2,(H,13,14)(H,15,16). The highest BCUT2D eigenvalue weighted by Crippen LogP contribution is 2.28. The van der Waals surface area contributed by atoms with Crippen LogP contribution in [0.2, 0.25) is 0 Å². The second-order valence-corrected chi connectivity index (χ2v) is 6.99. The van der Waals surface area contributed by atoms with Crippen LogP contribution in [0.15, 0.2) is 18.2 Å². The van der Waals surface area contributed by atoms with E-state index in [-0.39, 0.29) is 23.0 Å². The molecule has 0 spiro atoms. The van der Waals surface area contributed by atoms with Crippen molar-refractivity contribution in [3.63, 3.8) is 0 Å². The van der Waals surface area contributed by atoms with Gasteiger partial charge >= 0.3 is 5.97 Å². The number of rotatable bonds is 2. The number of sulfone groups is 1. The number of hydrogen-bond donors (Lipinski definition) is 2. The Balaban J connectivity index is 2.00. The van der Waals surface area contributed by atoms with Crippen LogP contribution >= 0.6 is 0 Å². The highest BCUT2D eigenvalue weighted by Gasteiger charge is 2.31. The summed E-state index contributed by atoms with van der Waals surface area (Å²) in [5.41, 5.74) is 1.46. The van der Waals surface area contributed by atoms with E-state index in [1.807, 2.05) is 0 Å². The van der Waals surface area contributed by atoms with Crippen LogP contribution in [0.5, 0.6) is 0 Å². The van der Waals surface area contributed by atoms with Gasteiger partial charge in [-0.05, 0) is 24.6 Å². The number of imidazole rings is 1. The Morgan fingerprint density at radius 3 is 2.84 bits per heavy atom. The lowest BCUT2D eigenvalue weighted by molar-refractivity contribution is 0.0697. The first kappa shape index (κ1) is 12.2. The number of H-pyrrole nitrogens is 1. The first-order valence-corrected chi connectivity index (χ1v) is 7.70. The average Bonchev–Trinajstić information content (AvgIpc) is 2.90. The van der Waals surface area contributed by atoms with Gasteiger partial charge in [0.25, 0.3) is 0 Å². The van der Waals surface area contributed by atoms with Gasteiger partial charge in [-0.15, -0.1) is 0 Å². The van der Waals surface area contributed by atoms with E-state index in [2.05, 4.69) is 9.97 Å². The molecule has 3 rings (SSSR count). The maximum absolute atomic E-state index is 11.5. The normalized spacial score (nSPS) is 21.8.